The molecular weight excluding hydrogens is 346 g/mol. The fourth-order valence-electron chi connectivity index (χ4n) is 3.21. The maximum atomic E-state index is 12.3. The molecule has 1 fully saturated rings. The van der Waals surface area contributed by atoms with Crippen LogP contribution >= 0.6 is 0 Å². The zero-order valence-corrected chi connectivity index (χ0v) is 16.5. The number of ether oxygens (including phenoxy) is 3. The molecule has 3 atom stereocenters. The fourth-order valence-corrected chi connectivity index (χ4v) is 3.21. The SMILES string of the molecule is COc1ccc(/C=C/C(=O)O[C@H](C)C(=O)N[C@H]2CCCC[C@@H]2C)c(OC)c1. The van der Waals surface area contributed by atoms with Gasteiger partial charge in [0.25, 0.3) is 5.91 Å². The number of nitrogens with one attached hydrogen (secondary N) is 1. The van der Waals surface area contributed by atoms with Crippen LogP contribution in [0.4, 0.5) is 0 Å². The highest BCUT2D eigenvalue weighted by Crippen LogP contribution is 2.26. The molecule has 0 aromatic heterocycles. The molecule has 1 amide bonds. The van der Waals surface area contributed by atoms with Gasteiger partial charge in [-0.25, -0.2) is 4.79 Å². The van der Waals surface area contributed by atoms with Crippen molar-refractivity contribution >= 4 is 18.0 Å². The molecule has 148 valence electrons. The van der Waals surface area contributed by atoms with Gasteiger partial charge in [0, 0.05) is 23.7 Å². The van der Waals surface area contributed by atoms with E-state index in [0.717, 1.165) is 19.3 Å². The average Bonchev–Trinajstić information content (AvgIpc) is 2.67. The molecule has 1 aliphatic carbocycles. The molecule has 1 aromatic carbocycles. The summed E-state index contributed by atoms with van der Waals surface area (Å²) in [5.41, 5.74) is 0.711. The molecule has 1 aliphatic rings. The van der Waals surface area contributed by atoms with Gasteiger partial charge >= 0.3 is 5.97 Å². The lowest BCUT2D eigenvalue weighted by molar-refractivity contribution is -0.150. The number of rotatable bonds is 7. The van der Waals surface area contributed by atoms with E-state index in [4.69, 9.17) is 14.2 Å². The third-order valence-electron chi connectivity index (χ3n) is 4.94. The van der Waals surface area contributed by atoms with Crippen molar-refractivity contribution in [1.29, 1.82) is 0 Å². The fraction of sp³-hybridized carbons (Fsp3) is 0.524. The lowest BCUT2D eigenvalue weighted by Crippen LogP contribution is -2.45. The molecule has 0 bridgehead atoms. The summed E-state index contributed by atoms with van der Waals surface area (Å²) in [5.74, 6) is 0.863. The van der Waals surface area contributed by atoms with E-state index in [1.165, 1.54) is 12.5 Å². The molecule has 1 N–H and O–H groups in total. The summed E-state index contributed by atoms with van der Waals surface area (Å²) in [6.07, 6.45) is 6.46. The van der Waals surface area contributed by atoms with Gasteiger partial charge in [-0.1, -0.05) is 19.8 Å². The van der Waals surface area contributed by atoms with E-state index >= 15 is 0 Å². The molecule has 0 saturated heterocycles. The van der Waals surface area contributed by atoms with Crippen molar-refractivity contribution in [3.63, 3.8) is 0 Å². The van der Waals surface area contributed by atoms with Gasteiger partial charge in [-0.15, -0.1) is 0 Å². The van der Waals surface area contributed by atoms with Crippen molar-refractivity contribution in [1.82, 2.24) is 5.32 Å². The maximum absolute atomic E-state index is 12.3. The predicted octanol–water partition coefficient (Wildman–Crippen LogP) is 3.34. The number of hydrogen-bond acceptors (Lipinski definition) is 5. The second-order valence-corrected chi connectivity index (χ2v) is 6.90. The normalized spacial score (nSPS) is 20.7. The van der Waals surface area contributed by atoms with Crippen LogP contribution in [0.1, 0.15) is 45.1 Å². The van der Waals surface area contributed by atoms with Crippen LogP contribution in [0, 0.1) is 5.92 Å². The lowest BCUT2D eigenvalue weighted by Gasteiger charge is -2.30. The minimum absolute atomic E-state index is 0.159. The van der Waals surface area contributed by atoms with E-state index in [0.29, 0.717) is 23.0 Å². The molecule has 0 radical (unpaired) electrons. The predicted molar refractivity (Wildman–Crippen MR) is 104 cm³/mol. The monoisotopic (exact) mass is 375 g/mol. The van der Waals surface area contributed by atoms with Crippen molar-refractivity contribution in [2.45, 2.75) is 51.7 Å². The Balaban J connectivity index is 1.90. The Morgan fingerprint density at radius 2 is 1.93 bits per heavy atom. The summed E-state index contributed by atoms with van der Waals surface area (Å²) in [6, 6.07) is 5.44. The van der Waals surface area contributed by atoms with Crippen LogP contribution < -0.4 is 14.8 Å². The van der Waals surface area contributed by atoms with Crippen LogP contribution in [0.2, 0.25) is 0 Å². The zero-order valence-electron chi connectivity index (χ0n) is 16.5. The van der Waals surface area contributed by atoms with Crippen LogP contribution in [-0.2, 0) is 14.3 Å². The molecular formula is C21H29NO5. The van der Waals surface area contributed by atoms with Gasteiger partial charge in [0.15, 0.2) is 6.10 Å². The second kappa shape index (κ2) is 10.00. The molecule has 27 heavy (non-hydrogen) atoms. The van der Waals surface area contributed by atoms with Gasteiger partial charge in [0.1, 0.15) is 11.5 Å². The summed E-state index contributed by atoms with van der Waals surface area (Å²) in [5, 5.41) is 3.00. The largest absolute Gasteiger partial charge is 0.497 e. The molecule has 0 unspecified atom stereocenters. The van der Waals surface area contributed by atoms with Crippen LogP contribution in [0.5, 0.6) is 11.5 Å². The first kappa shape index (κ1) is 20.8. The summed E-state index contributed by atoms with van der Waals surface area (Å²) in [6.45, 7) is 3.73. The number of methoxy groups -OCH3 is 2. The first-order valence-corrected chi connectivity index (χ1v) is 9.35. The Morgan fingerprint density at radius 1 is 1.19 bits per heavy atom. The van der Waals surface area contributed by atoms with Gasteiger partial charge in [0.2, 0.25) is 0 Å². The van der Waals surface area contributed by atoms with E-state index in [-0.39, 0.29) is 11.9 Å². The van der Waals surface area contributed by atoms with Crippen LogP contribution in [0.25, 0.3) is 6.08 Å². The van der Waals surface area contributed by atoms with Crippen molar-refractivity contribution in [2.24, 2.45) is 5.92 Å². The Hall–Kier alpha value is -2.50. The number of carbonyl (C=O) groups excluding carboxylic acids is 2. The average molecular weight is 375 g/mol. The highest BCUT2D eigenvalue weighted by molar-refractivity contribution is 5.90. The van der Waals surface area contributed by atoms with Crippen LogP contribution in [0.15, 0.2) is 24.3 Å². The minimum atomic E-state index is -0.839. The highest BCUT2D eigenvalue weighted by Gasteiger charge is 2.25. The molecule has 1 aromatic rings. The van der Waals surface area contributed by atoms with Crippen molar-refractivity contribution in [3.8, 4) is 11.5 Å². The molecule has 0 spiro atoms. The summed E-state index contributed by atoms with van der Waals surface area (Å²) >= 11 is 0. The molecule has 2 rings (SSSR count). The Morgan fingerprint density at radius 3 is 2.59 bits per heavy atom. The lowest BCUT2D eigenvalue weighted by atomic mass is 9.86. The second-order valence-electron chi connectivity index (χ2n) is 6.90. The number of carbonyl (C=O) groups is 2. The molecule has 0 heterocycles. The summed E-state index contributed by atoms with van der Waals surface area (Å²) in [7, 11) is 3.12. The molecule has 6 heteroatoms. The standard InChI is InChI=1S/C21H29NO5/c1-14-7-5-6-8-18(14)22-21(24)15(2)27-20(23)12-10-16-9-11-17(25-3)13-19(16)26-4/h9-15,18H,5-8H2,1-4H3,(H,22,24)/b12-10+/t14-,15+,18-/m0/s1. The summed E-state index contributed by atoms with van der Waals surface area (Å²) < 4.78 is 15.7. The topological polar surface area (TPSA) is 73.9 Å². The number of amides is 1. The quantitative estimate of drug-likeness (QED) is 0.584. The first-order chi connectivity index (χ1) is 12.9. The van der Waals surface area contributed by atoms with E-state index in [9.17, 15) is 9.59 Å². The number of esters is 1. The minimum Gasteiger partial charge on any atom is -0.497 e. The van der Waals surface area contributed by atoms with Gasteiger partial charge in [-0.05, 0) is 43.9 Å². The van der Waals surface area contributed by atoms with Crippen LogP contribution in [-0.4, -0.2) is 38.2 Å². The molecule has 0 aliphatic heterocycles. The smallest absolute Gasteiger partial charge is 0.331 e. The summed E-state index contributed by atoms with van der Waals surface area (Å²) in [4.78, 5) is 24.3. The highest BCUT2D eigenvalue weighted by atomic mass is 16.5. The maximum Gasteiger partial charge on any atom is 0.331 e. The number of benzene rings is 1. The number of hydrogen-bond donors (Lipinski definition) is 1. The van der Waals surface area contributed by atoms with E-state index in [1.807, 2.05) is 0 Å². The third-order valence-corrected chi connectivity index (χ3v) is 4.94. The van der Waals surface area contributed by atoms with Gasteiger partial charge in [-0.3, -0.25) is 4.79 Å². The Kier molecular flexibility index (Phi) is 7.70. The van der Waals surface area contributed by atoms with Gasteiger partial charge in [0.05, 0.1) is 14.2 Å². The molecule has 6 nitrogen and oxygen atoms in total. The first-order valence-electron chi connectivity index (χ1n) is 9.35. The Labute approximate surface area is 160 Å². The van der Waals surface area contributed by atoms with E-state index in [2.05, 4.69) is 12.2 Å². The molecule has 1 saturated carbocycles. The third kappa shape index (κ3) is 6.01. The van der Waals surface area contributed by atoms with Gasteiger partial charge < -0.3 is 19.5 Å². The van der Waals surface area contributed by atoms with Crippen molar-refractivity contribution in [3.05, 3.63) is 29.8 Å². The Bertz CT molecular complexity index is 685. The van der Waals surface area contributed by atoms with Gasteiger partial charge in [-0.2, -0.15) is 0 Å². The van der Waals surface area contributed by atoms with Crippen molar-refractivity contribution in [2.75, 3.05) is 14.2 Å². The zero-order chi connectivity index (χ0) is 19.8. The van der Waals surface area contributed by atoms with Crippen LogP contribution in [0.3, 0.4) is 0 Å². The van der Waals surface area contributed by atoms with E-state index in [1.54, 1.807) is 45.4 Å². The van der Waals surface area contributed by atoms with E-state index < -0.39 is 12.1 Å². The van der Waals surface area contributed by atoms with Crippen molar-refractivity contribution < 1.29 is 23.8 Å².